The summed E-state index contributed by atoms with van der Waals surface area (Å²) in [6.07, 6.45) is 0. The first-order valence-electron chi connectivity index (χ1n) is 4.60. The van der Waals surface area contributed by atoms with Crippen molar-refractivity contribution in [2.24, 2.45) is 0 Å². The molecule has 0 fully saturated rings. The molecule has 1 heterocycles. The van der Waals surface area contributed by atoms with Crippen molar-refractivity contribution in [3.8, 4) is 0 Å². The monoisotopic (exact) mass is 225 g/mol. The van der Waals surface area contributed by atoms with Crippen LogP contribution in [0.5, 0.6) is 0 Å². The van der Waals surface area contributed by atoms with Crippen LogP contribution in [0.1, 0.15) is 11.1 Å². The standard InChI is InChI=1S/C10H12ClN3O/c1-14(2)9(11)6-3-4-7-8(5-6)13-10(15)12-7/h3-5,9H,1-2H3,(H2,12,13,15). The Morgan fingerprint density at radius 2 is 1.93 bits per heavy atom. The van der Waals surface area contributed by atoms with Gasteiger partial charge in [0.05, 0.1) is 11.0 Å². The molecule has 0 saturated heterocycles. The van der Waals surface area contributed by atoms with Crippen molar-refractivity contribution < 1.29 is 0 Å². The molecule has 2 rings (SSSR count). The van der Waals surface area contributed by atoms with E-state index in [1.807, 2.05) is 37.2 Å². The topological polar surface area (TPSA) is 51.9 Å². The third-order valence-corrected chi connectivity index (χ3v) is 2.91. The van der Waals surface area contributed by atoms with Crippen LogP contribution >= 0.6 is 11.6 Å². The molecule has 80 valence electrons. The summed E-state index contributed by atoms with van der Waals surface area (Å²) in [6, 6.07) is 5.64. The third-order valence-electron chi connectivity index (χ3n) is 2.27. The van der Waals surface area contributed by atoms with Crippen molar-refractivity contribution in [2.75, 3.05) is 14.1 Å². The number of rotatable bonds is 2. The lowest BCUT2D eigenvalue weighted by molar-refractivity contribution is 0.385. The summed E-state index contributed by atoms with van der Waals surface area (Å²) in [7, 11) is 3.81. The zero-order chi connectivity index (χ0) is 11.0. The lowest BCUT2D eigenvalue weighted by Crippen LogP contribution is -2.14. The van der Waals surface area contributed by atoms with Crippen LogP contribution in [0, 0.1) is 0 Å². The van der Waals surface area contributed by atoms with Crippen LogP contribution in [0.15, 0.2) is 23.0 Å². The number of halogens is 1. The number of nitrogens with zero attached hydrogens (tertiary/aromatic N) is 1. The first-order valence-corrected chi connectivity index (χ1v) is 5.04. The number of fused-ring (bicyclic) bond motifs is 1. The number of hydrogen-bond acceptors (Lipinski definition) is 2. The Balaban J connectivity index is 2.50. The largest absolute Gasteiger partial charge is 0.323 e. The molecule has 0 aliphatic heterocycles. The highest BCUT2D eigenvalue weighted by molar-refractivity contribution is 6.20. The Morgan fingerprint density at radius 1 is 1.27 bits per heavy atom. The van der Waals surface area contributed by atoms with Gasteiger partial charge in [0.1, 0.15) is 5.50 Å². The van der Waals surface area contributed by atoms with E-state index in [0.717, 1.165) is 16.6 Å². The van der Waals surface area contributed by atoms with E-state index in [2.05, 4.69) is 9.97 Å². The molecule has 0 bridgehead atoms. The van der Waals surface area contributed by atoms with Gasteiger partial charge in [-0.05, 0) is 31.8 Å². The Kier molecular flexibility index (Phi) is 2.54. The van der Waals surface area contributed by atoms with Gasteiger partial charge in [-0.2, -0.15) is 0 Å². The van der Waals surface area contributed by atoms with Gasteiger partial charge in [-0.15, -0.1) is 11.6 Å². The Labute approximate surface area is 91.9 Å². The van der Waals surface area contributed by atoms with Gasteiger partial charge in [-0.1, -0.05) is 6.07 Å². The summed E-state index contributed by atoms with van der Waals surface area (Å²) in [4.78, 5) is 18.3. The number of alkyl halides is 1. The quantitative estimate of drug-likeness (QED) is 0.603. The van der Waals surface area contributed by atoms with E-state index in [4.69, 9.17) is 11.6 Å². The summed E-state index contributed by atoms with van der Waals surface area (Å²) in [5, 5.41) is 0. The first kappa shape index (κ1) is 10.3. The molecule has 0 aliphatic rings. The van der Waals surface area contributed by atoms with Crippen molar-refractivity contribution in [1.82, 2.24) is 14.9 Å². The number of aromatic amines is 2. The number of H-pyrrole nitrogens is 2. The number of aromatic nitrogens is 2. The predicted octanol–water partition coefficient (Wildman–Crippen LogP) is 1.66. The van der Waals surface area contributed by atoms with Crippen LogP contribution in [0.4, 0.5) is 0 Å². The number of hydrogen-bond donors (Lipinski definition) is 2. The van der Waals surface area contributed by atoms with Gasteiger partial charge in [0.15, 0.2) is 0 Å². The molecule has 1 aromatic heterocycles. The van der Waals surface area contributed by atoms with E-state index in [0.29, 0.717) is 0 Å². The maximum absolute atomic E-state index is 11.0. The average molecular weight is 226 g/mol. The third kappa shape index (κ3) is 1.91. The fourth-order valence-electron chi connectivity index (χ4n) is 1.50. The summed E-state index contributed by atoms with van der Waals surface area (Å²) < 4.78 is 0. The summed E-state index contributed by atoms with van der Waals surface area (Å²) in [5.74, 6) is 0. The molecule has 2 N–H and O–H groups in total. The van der Waals surface area contributed by atoms with Crippen LogP contribution in [-0.2, 0) is 0 Å². The summed E-state index contributed by atoms with van der Waals surface area (Å²) in [6.45, 7) is 0. The molecule has 4 nitrogen and oxygen atoms in total. The minimum Gasteiger partial charge on any atom is -0.306 e. The van der Waals surface area contributed by atoms with E-state index in [-0.39, 0.29) is 11.2 Å². The second kappa shape index (κ2) is 3.72. The second-order valence-electron chi connectivity index (χ2n) is 3.68. The van der Waals surface area contributed by atoms with Gasteiger partial charge in [0.2, 0.25) is 0 Å². The smallest absolute Gasteiger partial charge is 0.306 e. The SMILES string of the molecule is CN(C)C(Cl)c1ccc2[nH]c(=O)[nH]c2c1. The molecule has 1 aromatic carbocycles. The number of benzene rings is 1. The molecule has 5 heteroatoms. The van der Waals surface area contributed by atoms with Gasteiger partial charge in [-0.25, -0.2) is 4.79 Å². The molecular formula is C10H12ClN3O. The number of imidazole rings is 1. The average Bonchev–Trinajstić information content (AvgIpc) is 2.55. The van der Waals surface area contributed by atoms with Crippen LogP contribution in [-0.4, -0.2) is 29.0 Å². The van der Waals surface area contributed by atoms with E-state index >= 15 is 0 Å². The zero-order valence-corrected chi connectivity index (χ0v) is 9.30. The minimum absolute atomic E-state index is 0.187. The summed E-state index contributed by atoms with van der Waals surface area (Å²) >= 11 is 6.17. The van der Waals surface area contributed by atoms with Crippen LogP contribution in [0.25, 0.3) is 11.0 Å². The highest BCUT2D eigenvalue weighted by Crippen LogP contribution is 2.24. The van der Waals surface area contributed by atoms with Crippen molar-refractivity contribution in [1.29, 1.82) is 0 Å². The van der Waals surface area contributed by atoms with E-state index in [1.165, 1.54) is 0 Å². The van der Waals surface area contributed by atoms with Gasteiger partial charge in [0, 0.05) is 0 Å². The van der Waals surface area contributed by atoms with Crippen LogP contribution < -0.4 is 5.69 Å². The Hall–Kier alpha value is -1.26. The van der Waals surface area contributed by atoms with Crippen molar-refractivity contribution >= 4 is 22.6 Å². The molecule has 0 amide bonds. The lowest BCUT2D eigenvalue weighted by Gasteiger charge is -2.17. The van der Waals surface area contributed by atoms with Gasteiger partial charge in [-0.3, -0.25) is 4.90 Å². The molecule has 1 unspecified atom stereocenters. The van der Waals surface area contributed by atoms with E-state index < -0.39 is 0 Å². The highest BCUT2D eigenvalue weighted by atomic mass is 35.5. The van der Waals surface area contributed by atoms with Crippen molar-refractivity contribution in [2.45, 2.75) is 5.50 Å². The predicted molar refractivity (Wildman–Crippen MR) is 61.2 cm³/mol. The molecule has 15 heavy (non-hydrogen) atoms. The molecular weight excluding hydrogens is 214 g/mol. The van der Waals surface area contributed by atoms with Crippen molar-refractivity contribution in [3.63, 3.8) is 0 Å². The molecule has 1 atom stereocenters. The fourth-order valence-corrected chi connectivity index (χ4v) is 1.63. The minimum atomic E-state index is -0.196. The molecule has 0 radical (unpaired) electrons. The lowest BCUT2D eigenvalue weighted by atomic mass is 10.2. The molecule has 0 aliphatic carbocycles. The van der Waals surface area contributed by atoms with Crippen LogP contribution in [0.3, 0.4) is 0 Å². The van der Waals surface area contributed by atoms with Crippen molar-refractivity contribution in [3.05, 3.63) is 34.2 Å². The summed E-state index contributed by atoms with van der Waals surface area (Å²) in [5.41, 5.74) is 2.16. The van der Waals surface area contributed by atoms with E-state index in [9.17, 15) is 4.79 Å². The highest BCUT2D eigenvalue weighted by Gasteiger charge is 2.10. The zero-order valence-electron chi connectivity index (χ0n) is 8.54. The fraction of sp³-hybridized carbons (Fsp3) is 0.300. The molecule has 0 spiro atoms. The van der Waals surface area contributed by atoms with E-state index in [1.54, 1.807) is 0 Å². The van der Waals surface area contributed by atoms with Gasteiger partial charge >= 0.3 is 5.69 Å². The molecule has 0 saturated carbocycles. The number of nitrogens with one attached hydrogen (secondary N) is 2. The Morgan fingerprint density at radius 3 is 2.60 bits per heavy atom. The Bertz CT molecular complexity index is 529. The van der Waals surface area contributed by atoms with Gasteiger partial charge in [0.25, 0.3) is 0 Å². The van der Waals surface area contributed by atoms with Crippen LogP contribution in [0.2, 0.25) is 0 Å². The first-order chi connectivity index (χ1) is 7.08. The second-order valence-corrected chi connectivity index (χ2v) is 4.10. The van der Waals surface area contributed by atoms with Gasteiger partial charge < -0.3 is 9.97 Å². The molecule has 2 aromatic rings. The maximum atomic E-state index is 11.0. The maximum Gasteiger partial charge on any atom is 0.323 e. The normalized spacial score (nSPS) is 13.6.